The fraction of sp³-hybridized carbons (Fsp3) is 0.118. The Morgan fingerprint density at radius 3 is 2.70 bits per heavy atom. The van der Waals surface area contributed by atoms with Crippen LogP contribution in [-0.2, 0) is 6.54 Å². The van der Waals surface area contributed by atoms with Gasteiger partial charge in [-0.3, -0.25) is 5.41 Å². The summed E-state index contributed by atoms with van der Waals surface area (Å²) in [7, 11) is 0. The molecule has 3 rings (SSSR count). The zero-order chi connectivity index (χ0) is 14.1. The van der Waals surface area contributed by atoms with Gasteiger partial charge >= 0.3 is 0 Å². The monoisotopic (exact) mass is 263 g/mol. The van der Waals surface area contributed by atoms with Crippen LogP contribution in [0.5, 0.6) is 0 Å². The predicted molar refractivity (Wildman–Crippen MR) is 83.2 cm³/mol. The van der Waals surface area contributed by atoms with Crippen LogP contribution in [0.25, 0.3) is 10.9 Å². The van der Waals surface area contributed by atoms with Gasteiger partial charge < -0.3 is 10.3 Å². The summed E-state index contributed by atoms with van der Waals surface area (Å²) in [4.78, 5) is 0. The molecule has 0 saturated heterocycles. The number of nitrogens with one attached hydrogen (secondary N) is 1. The molecule has 0 unspecified atom stereocenters. The molecule has 0 saturated carbocycles. The second kappa shape index (κ2) is 4.85. The molecule has 3 N–H and O–H groups in total. The topological polar surface area (TPSA) is 54.8 Å². The van der Waals surface area contributed by atoms with Gasteiger partial charge in [0, 0.05) is 29.2 Å². The van der Waals surface area contributed by atoms with E-state index in [0.717, 1.165) is 17.5 Å². The lowest BCUT2D eigenvalue weighted by Gasteiger charge is -2.09. The number of amidine groups is 1. The summed E-state index contributed by atoms with van der Waals surface area (Å²) in [6.07, 6.45) is 2.08. The molecule has 3 aromatic rings. The molecule has 0 radical (unpaired) electrons. The van der Waals surface area contributed by atoms with Crippen LogP contribution in [0.15, 0.2) is 54.7 Å². The van der Waals surface area contributed by atoms with Crippen molar-refractivity contribution in [3.05, 3.63) is 71.4 Å². The Bertz CT molecular complexity index is 784. The molecule has 20 heavy (non-hydrogen) atoms. The Hall–Kier alpha value is -2.55. The number of benzene rings is 2. The Labute approximate surface area is 118 Å². The molecule has 0 fully saturated rings. The summed E-state index contributed by atoms with van der Waals surface area (Å²) in [5.41, 5.74) is 10.1. The third-order valence-electron chi connectivity index (χ3n) is 3.68. The fourth-order valence-electron chi connectivity index (χ4n) is 2.48. The van der Waals surface area contributed by atoms with Crippen LogP contribution < -0.4 is 5.73 Å². The molecule has 0 aliphatic carbocycles. The highest BCUT2D eigenvalue weighted by molar-refractivity contribution is 5.98. The molecule has 100 valence electrons. The molecule has 2 aromatic carbocycles. The van der Waals surface area contributed by atoms with Gasteiger partial charge in [-0.05, 0) is 42.3 Å². The zero-order valence-corrected chi connectivity index (χ0v) is 11.4. The second-order valence-electron chi connectivity index (χ2n) is 5.06. The fourth-order valence-corrected chi connectivity index (χ4v) is 2.48. The largest absolute Gasteiger partial charge is 0.384 e. The summed E-state index contributed by atoms with van der Waals surface area (Å²) < 4.78 is 2.22. The summed E-state index contributed by atoms with van der Waals surface area (Å²) in [6, 6.07) is 16.4. The molecule has 0 spiro atoms. The second-order valence-corrected chi connectivity index (χ2v) is 5.06. The van der Waals surface area contributed by atoms with E-state index in [4.69, 9.17) is 11.1 Å². The Morgan fingerprint density at radius 1 is 1.15 bits per heavy atom. The van der Waals surface area contributed by atoms with Gasteiger partial charge in [-0.1, -0.05) is 24.3 Å². The molecule has 3 heteroatoms. The number of nitrogen functional groups attached to an aromatic ring is 1. The van der Waals surface area contributed by atoms with E-state index in [2.05, 4.69) is 48.0 Å². The molecule has 0 atom stereocenters. The third-order valence-corrected chi connectivity index (χ3v) is 3.68. The molecular weight excluding hydrogens is 246 g/mol. The number of hydrogen-bond donors (Lipinski definition) is 2. The van der Waals surface area contributed by atoms with E-state index in [1.165, 1.54) is 16.6 Å². The first kappa shape index (κ1) is 12.5. The van der Waals surface area contributed by atoms with Crippen LogP contribution in [0.2, 0.25) is 0 Å². The van der Waals surface area contributed by atoms with Crippen molar-refractivity contribution in [2.45, 2.75) is 13.5 Å². The van der Waals surface area contributed by atoms with Crippen LogP contribution in [0.3, 0.4) is 0 Å². The number of nitrogens with two attached hydrogens (primary N) is 1. The SMILES string of the molecule is Cc1ccccc1Cn1ccc2cc(C(=N)N)ccc21. The van der Waals surface area contributed by atoms with Crippen molar-refractivity contribution in [3.8, 4) is 0 Å². The average molecular weight is 263 g/mol. The van der Waals surface area contributed by atoms with Gasteiger partial charge in [0.15, 0.2) is 0 Å². The third kappa shape index (κ3) is 2.18. The minimum atomic E-state index is 0.110. The number of aryl methyl sites for hydroxylation is 1. The van der Waals surface area contributed by atoms with E-state index in [1.54, 1.807) is 0 Å². The van der Waals surface area contributed by atoms with Crippen molar-refractivity contribution in [1.29, 1.82) is 5.41 Å². The van der Waals surface area contributed by atoms with Crippen molar-refractivity contribution < 1.29 is 0 Å². The van der Waals surface area contributed by atoms with Gasteiger partial charge in [0.1, 0.15) is 5.84 Å². The Balaban J connectivity index is 2.01. The van der Waals surface area contributed by atoms with Gasteiger partial charge in [-0.15, -0.1) is 0 Å². The van der Waals surface area contributed by atoms with E-state index in [9.17, 15) is 0 Å². The van der Waals surface area contributed by atoms with Gasteiger partial charge in [0.2, 0.25) is 0 Å². The summed E-state index contributed by atoms with van der Waals surface area (Å²) >= 11 is 0. The van der Waals surface area contributed by atoms with E-state index < -0.39 is 0 Å². The van der Waals surface area contributed by atoms with Crippen LogP contribution in [0.4, 0.5) is 0 Å². The molecular formula is C17H17N3. The quantitative estimate of drug-likeness (QED) is 0.553. The highest BCUT2D eigenvalue weighted by atomic mass is 14.9. The molecule has 0 aliphatic rings. The molecule has 1 heterocycles. The van der Waals surface area contributed by atoms with Crippen LogP contribution in [0, 0.1) is 12.3 Å². The lowest BCUT2D eigenvalue weighted by Crippen LogP contribution is -2.10. The highest BCUT2D eigenvalue weighted by Crippen LogP contribution is 2.20. The van der Waals surface area contributed by atoms with Gasteiger partial charge in [-0.25, -0.2) is 0 Å². The first-order chi connectivity index (χ1) is 9.65. The first-order valence-electron chi connectivity index (χ1n) is 6.63. The van der Waals surface area contributed by atoms with E-state index in [1.807, 2.05) is 18.2 Å². The van der Waals surface area contributed by atoms with Gasteiger partial charge in [0.05, 0.1) is 0 Å². The minimum absolute atomic E-state index is 0.110. The van der Waals surface area contributed by atoms with Crippen molar-refractivity contribution in [2.24, 2.45) is 5.73 Å². The van der Waals surface area contributed by atoms with Crippen molar-refractivity contribution in [1.82, 2.24) is 4.57 Å². The maximum Gasteiger partial charge on any atom is 0.122 e. The predicted octanol–water partition coefficient (Wildman–Crippen LogP) is 3.28. The van der Waals surface area contributed by atoms with E-state index >= 15 is 0 Å². The molecule has 0 bridgehead atoms. The first-order valence-corrected chi connectivity index (χ1v) is 6.63. The summed E-state index contributed by atoms with van der Waals surface area (Å²) in [5.74, 6) is 0.110. The van der Waals surface area contributed by atoms with E-state index in [0.29, 0.717) is 0 Å². The van der Waals surface area contributed by atoms with Crippen LogP contribution >= 0.6 is 0 Å². The van der Waals surface area contributed by atoms with E-state index in [-0.39, 0.29) is 5.84 Å². The maximum absolute atomic E-state index is 7.50. The zero-order valence-electron chi connectivity index (χ0n) is 11.4. The van der Waals surface area contributed by atoms with Crippen LogP contribution in [0.1, 0.15) is 16.7 Å². The maximum atomic E-state index is 7.50. The van der Waals surface area contributed by atoms with Gasteiger partial charge in [0.25, 0.3) is 0 Å². The standard InChI is InChI=1S/C17H17N3/c1-12-4-2-3-5-15(12)11-20-9-8-13-10-14(17(18)19)6-7-16(13)20/h2-10H,11H2,1H3,(H3,18,19). The molecule has 3 nitrogen and oxygen atoms in total. The van der Waals surface area contributed by atoms with Crippen LogP contribution in [-0.4, -0.2) is 10.4 Å². The Kier molecular flexibility index (Phi) is 3.03. The minimum Gasteiger partial charge on any atom is -0.384 e. The molecule has 0 amide bonds. The van der Waals surface area contributed by atoms with Crippen molar-refractivity contribution >= 4 is 16.7 Å². The Morgan fingerprint density at radius 2 is 1.95 bits per heavy atom. The molecule has 1 aromatic heterocycles. The lowest BCUT2D eigenvalue weighted by atomic mass is 10.1. The number of hydrogen-bond acceptors (Lipinski definition) is 1. The number of nitrogens with zero attached hydrogens (tertiary/aromatic N) is 1. The number of fused-ring (bicyclic) bond motifs is 1. The smallest absolute Gasteiger partial charge is 0.122 e. The average Bonchev–Trinajstić information content (AvgIpc) is 2.84. The summed E-state index contributed by atoms with van der Waals surface area (Å²) in [5, 5.41) is 8.61. The summed E-state index contributed by atoms with van der Waals surface area (Å²) in [6.45, 7) is 2.99. The highest BCUT2D eigenvalue weighted by Gasteiger charge is 2.05. The number of aromatic nitrogens is 1. The molecule has 0 aliphatic heterocycles. The number of rotatable bonds is 3. The lowest BCUT2D eigenvalue weighted by molar-refractivity contribution is 0.830. The van der Waals surface area contributed by atoms with Crippen molar-refractivity contribution in [3.63, 3.8) is 0 Å². The van der Waals surface area contributed by atoms with Crippen molar-refractivity contribution in [2.75, 3.05) is 0 Å². The van der Waals surface area contributed by atoms with Gasteiger partial charge in [-0.2, -0.15) is 0 Å². The normalized spacial score (nSPS) is 10.8.